The maximum atomic E-state index is 9.96. The number of ether oxygens (including phenoxy) is 2. The number of carbonyl (C=O) groups excluding carboxylic acids is 1. The van der Waals surface area contributed by atoms with Crippen LogP contribution < -0.4 is 0 Å². The number of rotatable bonds is 8. The highest BCUT2D eigenvalue weighted by molar-refractivity contribution is 5.66. The van der Waals surface area contributed by atoms with Gasteiger partial charge in [-0.15, -0.1) is 0 Å². The van der Waals surface area contributed by atoms with Crippen LogP contribution in [0, 0.1) is 0 Å². The van der Waals surface area contributed by atoms with E-state index in [9.17, 15) is 9.59 Å². The van der Waals surface area contributed by atoms with E-state index in [1.165, 1.54) is 0 Å². The van der Waals surface area contributed by atoms with Gasteiger partial charge in [0.05, 0.1) is 0 Å². The van der Waals surface area contributed by atoms with E-state index in [4.69, 9.17) is 5.11 Å². The molecule has 0 saturated carbocycles. The number of carboxylic acids is 1. The number of aldehydes is 1. The number of unbranched alkanes of at least 4 members (excludes halogenated alkanes) is 3. The van der Waals surface area contributed by atoms with Gasteiger partial charge in [0.2, 0.25) is 0 Å². The normalized spacial score (nSPS) is 9.50. The Kier molecular flexibility index (Phi) is 15.3. The van der Waals surface area contributed by atoms with Crippen molar-refractivity contribution in [3.8, 4) is 0 Å². The molecule has 5 heteroatoms. The fourth-order valence-corrected chi connectivity index (χ4v) is 0.777. The Bertz CT molecular complexity index is 166. The molecule has 0 spiro atoms. The van der Waals surface area contributed by atoms with Crippen molar-refractivity contribution >= 4 is 12.3 Å². The van der Waals surface area contributed by atoms with Gasteiger partial charge in [-0.25, -0.2) is 0 Å². The van der Waals surface area contributed by atoms with Crippen molar-refractivity contribution in [3.05, 3.63) is 0 Å². The number of methoxy groups -OCH3 is 2. The molecule has 16 heavy (non-hydrogen) atoms. The van der Waals surface area contributed by atoms with E-state index in [1.807, 2.05) is 6.92 Å². The smallest absolute Gasteiger partial charge is 0.303 e. The average Bonchev–Trinajstić information content (AvgIpc) is 2.28. The summed E-state index contributed by atoms with van der Waals surface area (Å²) in [7, 11) is 3.21. The summed E-state index contributed by atoms with van der Waals surface area (Å²) in [5.74, 6) is -0.758. The Hall–Kier alpha value is -0.940. The highest BCUT2D eigenvalue weighted by Gasteiger charge is 1.94. The SMILES string of the molecule is COC(C)OC.O=CCCCCCC(=O)O. The van der Waals surface area contributed by atoms with E-state index >= 15 is 0 Å². The lowest BCUT2D eigenvalue weighted by Gasteiger charge is -2.03. The van der Waals surface area contributed by atoms with Gasteiger partial charge in [0.25, 0.3) is 0 Å². The van der Waals surface area contributed by atoms with Crippen LogP contribution in [0.2, 0.25) is 0 Å². The molecule has 1 N–H and O–H groups in total. The Balaban J connectivity index is 0. The first-order chi connectivity index (χ1) is 7.58. The molecule has 0 atom stereocenters. The molecule has 0 bridgehead atoms. The van der Waals surface area contributed by atoms with Crippen molar-refractivity contribution in [1.29, 1.82) is 0 Å². The van der Waals surface area contributed by atoms with E-state index in [0.29, 0.717) is 12.8 Å². The van der Waals surface area contributed by atoms with E-state index in [0.717, 1.165) is 19.1 Å². The molecule has 0 aromatic rings. The van der Waals surface area contributed by atoms with Crippen LogP contribution in [0.15, 0.2) is 0 Å². The fourth-order valence-electron chi connectivity index (χ4n) is 0.777. The number of hydrogen-bond donors (Lipinski definition) is 1. The summed E-state index contributed by atoms with van der Waals surface area (Å²) >= 11 is 0. The van der Waals surface area contributed by atoms with Crippen molar-refractivity contribution in [2.45, 2.75) is 45.3 Å². The molecule has 96 valence electrons. The second-order valence-electron chi connectivity index (χ2n) is 3.20. The fraction of sp³-hybridized carbons (Fsp3) is 0.818. The van der Waals surface area contributed by atoms with Crippen molar-refractivity contribution < 1.29 is 24.2 Å². The lowest BCUT2D eigenvalue weighted by atomic mass is 10.1. The topological polar surface area (TPSA) is 72.8 Å². The predicted octanol–water partition coefficient (Wildman–Crippen LogP) is 1.85. The number of aliphatic carboxylic acids is 1. The molecule has 0 aliphatic heterocycles. The van der Waals surface area contributed by atoms with Gasteiger partial charge in [-0.3, -0.25) is 4.79 Å². The van der Waals surface area contributed by atoms with Gasteiger partial charge in [-0.05, 0) is 19.8 Å². The maximum absolute atomic E-state index is 9.96. The molecule has 0 saturated heterocycles. The lowest BCUT2D eigenvalue weighted by Crippen LogP contribution is -2.05. The largest absolute Gasteiger partial charge is 0.481 e. The van der Waals surface area contributed by atoms with Gasteiger partial charge >= 0.3 is 5.97 Å². The van der Waals surface area contributed by atoms with Crippen LogP contribution in [-0.2, 0) is 19.1 Å². The van der Waals surface area contributed by atoms with Crippen molar-refractivity contribution in [2.75, 3.05) is 14.2 Å². The quantitative estimate of drug-likeness (QED) is 0.394. The van der Waals surface area contributed by atoms with Crippen LogP contribution in [0.5, 0.6) is 0 Å². The minimum absolute atomic E-state index is 0.0648. The van der Waals surface area contributed by atoms with Crippen LogP contribution in [-0.4, -0.2) is 37.9 Å². The van der Waals surface area contributed by atoms with E-state index in [2.05, 4.69) is 9.47 Å². The van der Waals surface area contributed by atoms with Gasteiger partial charge in [0.15, 0.2) is 6.29 Å². The molecule has 0 amide bonds. The minimum atomic E-state index is -0.758. The minimum Gasteiger partial charge on any atom is -0.481 e. The average molecular weight is 234 g/mol. The summed E-state index contributed by atoms with van der Waals surface area (Å²) < 4.78 is 9.35. The van der Waals surface area contributed by atoms with Crippen LogP contribution in [0.3, 0.4) is 0 Å². The third-order valence-electron chi connectivity index (χ3n) is 1.88. The second kappa shape index (κ2) is 14.1. The predicted molar refractivity (Wildman–Crippen MR) is 60.3 cm³/mol. The first-order valence-corrected chi connectivity index (χ1v) is 5.29. The molecular weight excluding hydrogens is 212 g/mol. The molecule has 0 aromatic carbocycles. The zero-order chi connectivity index (χ0) is 12.8. The third kappa shape index (κ3) is 18.8. The molecule has 5 nitrogen and oxygen atoms in total. The van der Waals surface area contributed by atoms with Gasteiger partial charge in [0.1, 0.15) is 6.29 Å². The Morgan fingerprint density at radius 1 is 1.25 bits per heavy atom. The standard InChI is InChI=1S/C7H12O3.C4H10O2/c8-6-4-2-1-3-5-7(9)10;1-4(5-2)6-3/h6H,1-5H2,(H,9,10);4H,1-3H3. The van der Waals surface area contributed by atoms with Gasteiger partial charge in [-0.1, -0.05) is 6.42 Å². The third-order valence-corrected chi connectivity index (χ3v) is 1.88. The van der Waals surface area contributed by atoms with Crippen LogP contribution in [0.1, 0.15) is 39.0 Å². The summed E-state index contributed by atoms with van der Waals surface area (Å²) in [6, 6.07) is 0. The highest BCUT2D eigenvalue weighted by Crippen LogP contribution is 2.00. The highest BCUT2D eigenvalue weighted by atomic mass is 16.7. The summed E-state index contributed by atoms with van der Waals surface area (Å²) in [4.78, 5) is 19.7. The Labute approximate surface area is 96.7 Å². The molecule has 0 unspecified atom stereocenters. The van der Waals surface area contributed by atoms with Crippen molar-refractivity contribution in [2.24, 2.45) is 0 Å². The maximum Gasteiger partial charge on any atom is 0.303 e. The summed E-state index contributed by atoms with van der Waals surface area (Å²) in [6.07, 6.45) is 3.91. The first kappa shape index (κ1) is 17.5. The lowest BCUT2D eigenvalue weighted by molar-refractivity contribution is -0.137. The molecular formula is C11H22O5. The zero-order valence-electron chi connectivity index (χ0n) is 10.3. The van der Waals surface area contributed by atoms with Crippen molar-refractivity contribution in [1.82, 2.24) is 0 Å². The van der Waals surface area contributed by atoms with Crippen LogP contribution >= 0.6 is 0 Å². The van der Waals surface area contributed by atoms with E-state index in [-0.39, 0.29) is 12.7 Å². The second-order valence-corrected chi connectivity index (χ2v) is 3.20. The van der Waals surface area contributed by atoms with Crippen LogP contribution in [0.4, 0.5) is 0 Å². The van der Waals surface area contributed by atoms with Gasteiger partial charge in [-0.2, -0.15) is 0 Å². The van der Waals surface area contributed by atoms with E-state index in [1.54, 1.807) is 14.2 Å². The molecule has 0 fully saturated rings. The Morgan fingerprint density at radius 3 is 2.12 bits per heavy atom. The van der Waals surface area contributed by atoms with Gasteiger partial charge < -0.3 is 19.4 Å². The molecule has 0 aliphatic carbocycles. The molecule has 0 rings (SSSR count). The van der Waals surface area contributed by atoms with Crippen LogP contribution in [0.25, 0.3) is 0 Å². The summed E-state index contributed by atoms with van der Waals surface area (Å²) in [6.45, 7) is 1.83. The number of carboxylic acid groups (broad SMARTS) is 1. The zero-order valence-corrected chi connectivity index (χ0v) is 10.3. The van der Waals surface area contributed by atoms with E-state index < -0.39 is 5.97 Å². The Morgan fingerprint density at radius 2 is 1.81 bits per heavy atom. The molecule has 0 aromatic heterocycles. The number of hydrogen-bond acceptors (Lipinski definition) is 4. The summed E-state index contributed by atoms with van der Waals surface area (Å²) in [5.41, 5.74) is 0. The summed E-state index contributed by atoms with van der Waals surface area (Å²) in [5, 5.41) is 8.20. The van der Waals surface area contributed by atoms with Gasteiger partial charge in [0, 0.05) is 27.1 Å². The molecule has 0 aliphatic rings. The van der Waals surface area contributed by atoms with Crippen molar-refractivity contribution in [3.63, 3.8) is 0 Å². The number of carbonyl (C=O) groups is 2. The monoisotopic (exact) mass is 234 g/mol. The molecule has 0 heterocycles. The first-order valence-electron chi connectivity index (χ1n) is 5.29. The molecule has 0 radical (unpaired) electrons.